The van der Waals surface area contributed by atoms with E-state index in [0.29, 0.717) is 5.75 Å². The first kappa shape index (κ1) is 14.6. The van der Waals surface area contributed by atoms with E-state index in [1.165, 1.54) is 38.2 Å². The molecule has 0 spiro atoms. The molecule has 0 bridgehead atoms. The maximum absolute atomic E-state index is 10.6. The minimum Gasteiger partial charge on any atom is -0.479 e. The molecule has 0 aliphatic heterocycles. The van der Waals surface area contributed by atoms with Crippen LogP contribution in [0.1, 0.15) is 45.1 Å². The van der Waals surface area contributed by atoms with Crippen LogP contribution < -0.4 is 4.74 Å². The third-order valence-corrected chi connectivity index (χ3v) is 2.90. The lowest BCUT2D eigenvalue weighted by Gasteiger charge is -2.10. The minimum atomic E-state index is -0.946. The Morgan fingerprint density at radius 2 is 1.89 bits per heavy atom. The van der Waals surface area contributed by atoms with Crippen LogP contribution in [0, 0.1) is 0 Å². The Kier molecular flexibility index (Phi) is 6.26. The van der Waals surface area contributed by atoms with Crippen LogP contribution in [0.3, 0.4) is 0 Å². The number of aliphatic carboxylic acids is 1. The molecule has 0 aliphatic rings. The van der Waals surface area contributed by atoms with Crippen molar-refractivity contribution in [2.24, 2.45) is 0 Å². The monoisotopic (exact) mass is 250 g/mol. The van der Waals surface area contributed by atoms with Gasteiger partial charge in [0.2, 0.25) is 0 Å². The van der Waals surface area contributed by atoms with Crippen molar-refractivity contribution in [3.63, 3.8) is 0 Å². The zero-order chi connectivity index (χ0) is 13.4. The van der Waals surface area contributed by atoms with Gasteiger partial charge < -0.3 is 9.84 Å². The van der Waals surface area contributed by atoms with Gasteiger partial charge in [-0.2, -0.15) is 0 Å². The van der Waals surface area contributed by atoms with Gasteiger partial charge >= 0.3 is 5.97 Å². The van der Waals surface area contributed by atoms with Gasteiger partial charge in [0.05, 0.1) is 0 Å². The van der Waals surface area contributed by atoms with E-state index in [9.17, 15) is 4.79 Å². The number of aryl methyl sites for hydroxylation is 1. The molecule has 18 heavy (non-hydrogen) atoms. The summed E-state index contributed by atoms with van der Waals surface area (Å²) in [6.45, 7) is 3.73. The number of carbonyl (C=O) groups is 1. The summed E-state index contributed by atoms with van der Waals surface area (Å²) in [5.74, 6) is -0.333. The molecule has 0 unspecified atom stereocenters. The third kappa shape index (κ3) is 5.21. The zero-order valence-corrected chi connectivity index (χ0v) is 11.2. The van der Waals surface area contributed by atoms with Crippen LogP contribution in [0.5, 0.6) is 5.75 Å². The SMILES string of the molecule is CCCCCCc1ccc(O[C@@H](C)C(=O)O)cc1. The van der Waals surface area contributed by atoms with Gasteiger partial charge in [-0.05, 0) is 37.5 Å². The highest BCUT2D eigenvalue weighted by Gasteiger charge is 2.11. The van der Waals surface area contributed by atoms with Crippen molar-refractivity contribution in [1.29, 1.82) is 0 Å². The average molecular weight is 250 g/mol. The quantitative estimate of drug-likeness (QED) is 0.716. The Bertz CT molecular complexity index is 357. The molecule has 0 saturated heterocycles. The van der Waals surface area contributed by atoms with Gasteiger partial charge in [0, 0.05) is 0 Å². The van der Waals surface area contributed by atoms with E-state index in [1.807, 2.05) is 24.3 Å². The maximum atomic E-state index is 10.6. The Morgan fingerprint density at radius 1 is 1.22 bits per heavy atom. The fourth-order valence-electron chi connectivity index (χ4n) is 1.75. The lowest BCUT2D eigenvalue weighted by molar-refractivity contribution is -0.144. The van der Waals surface area contributed by atoms with E-state index in [0.717, 1.165) is 6.42 Å². The number of benzene rings is 1. The number of hydrogen-bond donors (Lipinski definition) is 1. The van der Waals surface area contributed by atoms with Crippen molar-refractivity contribution in [1.82, 2.24) is 0 Å². The van der Waals surface area contributed by atoms with Gasteiger partial charge in [-0.3, -0.25) is 0 Å². The van der Waals surface area contributed by atoms with Crippen LogP contribution >= 0.6 is 0 Å². The molecule has 0 radical (unpaired) electrons. The van der Waals surface area contributed by atoms with Gasteiger partial charge in [-0.15, -0.1) is 0 Å². The van der Waals surface area contributed by atoms with Gasteiger partial charge in [0.15, 0.2) is 6.10 Å². The van der Waals surface area contributed by atoms with Crippen molar-refractivity contribution < 1.29 is 14.6 Å². The number of rotatable bonds is 8. The molecule has 100 valence electrons. The van der Waals surface area contributed by atoms with Crippen molar-refractivity contribution in [3.8, 4) is 5.75 Å². The average Bonchev–Trinajstić information content (AvgIpc) is 2.36. The fraction of sp³-hybridized carbons (Fsp3) is 0.533. The predicted octanol–water partition coefficient (Wildman–Crippen LogP) is 3.66. The Labute approximate surface area is 109 Å². The van der Waals surface area contributed by atoms with Gasteiger partial charge in [0.25, 0.3) is 0 Å². The first-order valence-corrected chi connectivity index (χ1v) is 6.62. The second kappa shape index (κ2) is 7.75. The van der Waals surface area contributed by atoms with E-state index >= 15 is 0 Å². The van der Waals surface area contributed by atoms with E-state index in [2.05, 4.69) is 6.92 Å². The molecule has 0 aliphatic carbocycles. The summed E-state index contributed by atoms with van der Waals surface area (Å²) < 4.78 is 5.27. The minimum absolute atomic E-state index is 0.613. The number of carboxylic acids is 1. The normalized spacial score (nSPS) is 12.1. The zero-order valence-electron chi connectivity index (χ0n) is 11.2. The van der Waals surface area contributed by atoms with Gasteiger partial charge in [0.1, 0.15) is 5.75 Å². The van der Waals surface area contributed by atoms with E-state index < -0.39 is 12.1 Å². The first-order valence-electron chi connectivity index (χ1n) is 6.62. The molecule has 1 rings (SSSR count). The molecule has 0 fully saturated rings. The largest absolute Gasteiger partial charge is 0.479 e. The molecule has 1 atom stereocenters. The van der Waals surface area contributed by atoms with Crippen LogP contribution in [0.4, 0.5) is 0 Å². The van der Waals surface area contributed by atoms with Crippen molar-refractivity contribution in [2.75, 3.05) is 0 Å². The van der Waals surface area contributed by atoms with E-state index in [4.69, 9.17) is 9.84 Å². The number of hydrogen-bond acceptors (Lipinski definition) is 2. The summed E-state index contributed by atoms with van der Waals surface area (Å²) >= 11 is 0. The van der Waals surface area contributed by atoms with Crippen molar-refractivity contribution >= 4 is 5.97 Å². The van der Waals surface area contributed by atoms with Crippen LogP contribution in [-0.4, -0.2) is 17.2 Å². The number of unbranched alkanes of at least 4 members (excludes halogenated alkanes) is 3. The second-order valence-electron chi connectivity index (χ2n) is 4.55. The molecule has 0 amide bonds. The Balaban J connectivity index is 2.40. The molecule has 0 aromatic heterocycles. The Morgan fingerprint density at radius 3 is 2.44 bits per heavy atom. The highest BCUT2D eigenvalue weighted by Crippen LogP contribution is 2.16. The van der Waals surface area contributed by atoms with Crippen molar-refractivity contribution in [3.05, 3.63) is 29.8 Å². The van der Waals surface area contributed by atoms with E-state index in [-0.39, 0.29) is 0 Å². The number of carboxylic acid groups (broad SMARTS) is 1. The maximum Gasteiger partial charge on any atom is 0.344 e. The van der Waals surface area contributed by atoms with Crippen LogP contribution in [0.2, 0.25) is 0 Å². The summed E-state index contributed by atoms with van der Waals surface area (Å²) in [5.41, 5.74) is 1.28. The van der Waals surface area contributed by atoms with Gasteiger partial charge in [-0.25, -0.2) is 4.79 Å². The highest BCUT2D eigenvalue weighted by molar-refractivity contribution is 5.72. The number of ether oxygens (including phenoxy) is 1. The summed E-state index contributed by atoms with van der Waals surface area (Å²) in [6.07, 6.45) is 5.29. The lowest BCUT2D eigenvalue weighted by atomic mass is 10.1. The molecule has 1 aromatic rings. The van der Waals surface area contributed by atoms with Crippen LogP contribution in [-0.2, 0) is 11.2 Å². The Hall–Kier alpha value is -1.51. The van der Waals surface area contributed by atoms with Crippen molar-refractivity contribution in [2.45, 2.75) is 52.1 Å². The molecule has 3 nitrogen and oxygen atoms in total. The third-order valence-electron chi connectivity index (χ3n) is 2.90. The molecule has 1 N–H and O–H groups in total. The van der Waals surface area contributed by atoms with Crippen LogP contribution in [0.25, 0.3) is 0 Å². The predicted molar refractivity (Wildman–Crippen MR) is 72.0 cm³/mol. The molecular weight excluding hydrogens is 228 g/mol. The van der Waals surface area contributed by atoms with Crippen LogP contribution in [0.15, 0.2) is 24.3 Å². The second-order valence-corrected chi connectivity index (χ2v) is 4.55. The molecular formula is C15H22O3. The first-order chi connectivity index (χ1) is 8.63. The molecule has 3 heteroatoms. The lowest BCUT2D eigenvalue weighted by Crippen LogP contribution is -2.22. The van der Waals surface area contributed by atoms with E-state index in [1.54, 1.807) is 0 Å². The smallest absolute Gasteiger partial charge is 0.344 e. The summed E-state index contributed by atoms with van der Waals surface area (Å²) in [6, 6.07) is 7.70. The summed E-state index contributed by atoms with van der Waals surface area (Å²) in [4.78, 5) is 10.6. The fourth-order valence-corrected chi connectivity index (χ4v) is 1.75. The molecule has 0 heterocycles. The highest BCUT2D eigenvalue weighted by atomic mass is 16.5. The topological polar surface area (TPSA) is 46.5 Å². The standard InChI is InChI=1S/C15H22O3/c1-3-4-5-6-7-13-8-10-14(11-9-13)18-12(2)15(16)17/h8-12H,3-7H2,1-2H3,(H,16,17)/t12-/m0/s1. The van der Waals surface area contributed by atoms with Gasteiger partial charge in [-0.1, -0.05) is 38.3 Å². The summed E-state index contributed by atoms with van der Waals surface area (Å²) in [5, 5.41) is 8.74. The summed E-state index contributed by atoms with van der Waals surface area (Å²) in [7, 11) is 0. The molecule has 1 aromatic carbocycles. The molecule has 0 saturated carbocycles.